The van der Waals surface area contributed by atoms with Crippen LogP contribution in [0.2, 0.25) is 0 Å². The van der Waals surface area contributed by atoms with Crippen LogP contribution in [0.25, 0.3) is 0 Å². The van der Waals surface area contributed by atoms with Crippen molar-refractivity contribution in [2.75, 3.05) is 7.11 Å². The van der Waals surface area contributed by atoms with E-state index in [-0.39, 0.29) is 24.5 Å². The fourth-order valence-electron chi connectivity index (χ4n) is 2.83. The van der Waals surface area contributed by atoms with E-state index >= 15 is 0 Å². The SMILES string of the molecule is COc1ccc([C@@]2(CCC=O)C(=O)O[C@@H](C(C)C)C2=O)cc1. The molecule has 0 bridgehead atoms. The van der Waals surface area contributed by atoms with E-state index in [1.165, 1.54) is 0 Å². The molecule has 5 heteroatoms. The Balaban J connectivity index is 2.49. The van der Waals surface area contributed by atoms with E-state index in [1.54, 1.807) is 31.4 Å². The van der Waals surface area contributed by atoms with Crippen molar-refractivity contribution in [1.29, 1.82) is 0 Å². The van der Waals surface area contributed by atoms with Crippen molar-refractivity contribution in [2.24, 2.45) is 5.92 Å². The molecule has 22 heavy (non-hydrogen) atoms. The van der Waals surface area contributed by atoms with Crippen LogP contribution < -0.4 is 4.74 Å². The Morgan fingerprint density at radius 1 is 1.27 bits per heavy atom. The number of methoxy groups -OCH3 is 1. The van der Waals surface area contributed by atoms with Gasteiger partial charge in [-0.05, 0) is 30.0 Å². The average Bonchev–Trinajstić information content (AvgIpc) is 2.78. The lowest BCUT2D eigenvalue weighted by molar-refractivity contribution is -0.147. The molecule has 1 aromatic carbocycles. The minimum atomic E-state index is -1.39. The number of cyclic esters (lactones) is 1. The Bertz CT molecular complexity index is 575. The van der Waals surface area contributed by atoms with Gasteiger partial charge in [-0.15, -0.1) is 0 Å². The molecule has 0 N–H and O–H groups in total. The molecule has 0 aromatic heterocycles. The van der Waals surface area contributed by atoms with Gasteiger partial charge in [-0.1, -0.05) is 26.0 Å². The van der Waals surface area contributed by atoms with Crippen LogP contribution in [0, 0.1) is 5.92 Å². The number of benzene rings is 1. The van der Waals surface area contributed by atoms with Gasteiger partial charge in [0.05, 0.1) is 7.11 Å². The summed E-state index contributed by atoms with van der Waals surface area (Å²) in [5.74, 6) is -0.302. The predicted molar refractivity (Wildman–Crippen MR) is 79.7 cm³/mol. The van der Waals surface area contributed by atoms with Gasteiger partial charge in [0.2, 0.25) is 0 Å². The fraction of sp³-hybridized carbons (Fsp3) is 0.471. The third-order valence-corrected chi connectivity index (χ3v) is 4.09. The van der Waals surface area contributed by atoms with Crippen molar-refractivity contribution in [3.63, 3.8) is 0 Å². The summed E-state index contributed by atoms with van der Waals surface area (Å²) in [6.45, 7) is 3.67. The van der Waals surface area contributed by atoms with Gasteiger partial charge in [-0.25, -0.2) is 0 Å². The van der Waals surface area contributed by atoms with Crippen LogP contribution in [-0.2, 0) is 24.5 Å². The van der Waals surface area contributed by atoms with Crippen molar-refractivity contribution in [2.45, 2.75) is 38.2 Å². The van der Waals surface area contributed by atoms with Crippen molar-refractivity contribution < 1.29 is 23.9 Å². The summed E-state index contributed by atoms with van der Waals surface area (Å²) >= 11 is 0. The van der Waals surface area contributed by atoms with E-state index in [0.717, 1.165) is 0 Å². The maximum Gasteiger partial charge on any atom is 0.325 e. The van der Waals surface area contributed by atoms with E-state index in [0.29, 0.717) is 17.6 Å². The quantitative estimate of drug-likeness (QED) is 0.457. The minimum Gasteiger partial charge on any atom is -0.497 e. The Morgan fingerprint density at radius 2 is 1.91 bits per heavy atom. The third-order valence-electron chi connectivity index (χ3n) is 4.09. The predicted octanol–water partition coefficient (Wildman–Crippen LogP) is 2.06. The summed E-state index contributed by atoms with van der Waals surface area (Å²) in [6, 6.07) is 6.76. The van der Waals surface area contributed by atoms with Gasteiger partial charge in [0.15, 0.2) is 17.3 Å². The summed E-state index contributed by atoms with van der Waals surface area (Å²) in [4.78, 5) is 36.1. The van der Waals surface area contributed by atoms with Crippen LogP contribution in [0.15, 0.2) is 24.3 Å². The smallest absolute Gasteiger partial charge is 0.325 e. The molecular weight excluding hydrogens is 284 g/mol. The normalized spacial score (nSPS) is 24.5. The Labute approximate surface area is 129 Å². The fourth-order valence-corrected chi connectivity index (χ4v) is 2.83. The minimum absolute atomic E-state index is 0.104. The van der Waals surface area contributed by atoms with E-state index in [1.807, 2.05) is 13.8 Å². The van der Waals surface area contributed by atoms with Crippen molar-refractivity contribution in [3.8, 4) is 5.75 Å². The molecule has 118 valence electrons. The molecule has 1 aliphatic rings. The average molecular weight is 304 g/mol. The topological polar surface area (TPSA) is 69.7 Å². The molecule has 0 unspecified atom stereocenters. The number of aldehydes is 1. The molecule has 1 aliphatic heterocycles. The second-order valence-corrected chi connectivity index (χ2v) is 5.77. The van der Waals surface area contributed by atoms with Crippen LogP contribution in [0.3, 0.4) is 0 Å². The van der Waals surface area contributed by atoms with Gasteiger partial charge in [-0.2, -0.15) is 0 Å². The van der Waals surface area contributed by atoms with Crippen LogP contribution in [0.5, 0.6) is 5.75 Å². The number of hydrogen-bond donors (Lipinski definition) is 0. The molecule has 2 rings (SSSR count). The van der Waals surface area contributed by atoms with Crippen LogP contribution in [0.4, 0.5) is 0 Å². The number of ketones is 1. The lowest BCUT2D eigenvalue weighted by Gasteiger charge is -2.23. The second-order valence-electron chi connectivity index (χ2n) is 5.77. The monoisotopic (exact) mass is 304 g/mol. The number of Topliss-reactive ketones (excluding diaryl/α,β-unsaturated/α-hetero) is 1. The zero-order valence-corrected chi connectivity index (χ0v) is 13.0. The maximum atomic E-state index is 12.8. The number of esters is 1. The van der Waals surface area contributed by atoms with Crippen LogP contribution in [-0.4, -0.2) is 31.3 Å². The molecule has 0 radical (unpaired) electrons. The van der Waals surface area contributed by atoms with Crippen molar-refractivity contribution >= 4 is 18.0 Å². The molecule has 1 saturated heterocycles. The zero-order valence-electron chi connectivity index (χ0n) is 13.0. The van der Waals surface area contributed by atoms with E-state index < -0.39 is 17.5 Å². The highest BCUT2D eigenvalue weighted by Gasteiger charge is 2.58. The number of carbonyl (C=O) groups excluding carboxylic acids is 3. The Hall–Kier alpha value is -2.17. The van der Waals surface area contributed by atoms with Gasteiger partial charge < -0.3 is 14.3 Å². The number of hydrogen-bond acceptors (Lipinski definition) is 5. The standard InChI is InChI=1S/C17H20O5/c1-11(2)14-15(19)17(9-4-10-18,16(20)22-14)12-5-7-13(21-3)8-6-12/h5-8,10-11,14H,4,9H2,1-3H3/t14-,17+/m0/s1. The third kappa shape index (κ3) is 2.51. The van der Waals surface area contributed by atoms with Crippen molar-refractivity contribution in [1.82, 2.24) is 0 Å². The number of carbonyl (C=O) groups is 3. The van der Waals surface area contributed by atoms with Gasteiger partial charge in [-0.3, -0.25) is 9.59 Å². The molecule has 1 aromatic rings. The van der Waals surface area contributed by atoms with Crippen LogP contribution in [0.1, 0.15) is 32.3 Å². The highest BCUT2D eigenvalue weighted by Crippen LogP contribution is 2.40. The van der Waals surface area contributed by atoms with E-state index in [4.69, 9.17) is 9.47 Å². The Kier molecular flexibility index (Phi) is 4.64. The molecule has 0 aliphatic carbocycles. The molecule has 2 atom stereocenters. The summed E-state index contributed by atoms with van der Waals surface area (Å²) in [6.07, 6.45) is 0.205. The molecule has 0 spiro atoms. The summed E-state index contributed by atoms with van der Waals surface area (Å²) in [5, 5.41) is 0. The highest BCUT2D eigenvalue weighted by atomic mass is 16.6. The van der Waals surface area contributed by atoms with E-state index in [9.17, 15) is 14.4 Å². The molecular formula is C17H20O5. The lowest BCUT2D eigenvalue weighted by Crippen LogP contribution is -2.41. The molecule has 1 fully saturated rings. The first-order valence-electron chi connectivity index (χ1n) is 7.31. The van der Waals surface area contributed by atoms with Crippen molar-refractivity contribution in [3.05, 3.63) is 29.8 Å². The molecule has 5 nitrogen and oxygen atoms in total. The number of rotatable bonds is 6. The summed E-state index contributed by atoms with van der Waals surface area (Å²) < 4.78 is 10.4. The van der Waals surface area contributed by atoms with Crippen LogP contribution >= 0.6 is 0 Å². The largest absolute Gasteiger partial charge is 0.497 e. The summed E-state index contributed by atoms with van der Waals surface area (Å²) in [7, 11) is 1.54. The maximum absolute atomic E-state index is 12.8. The summed E-state index contributed by atoms with van der Waals surface area (Å²) in [5.41, 5.74) is -0.837. The lowest BCUT2D eigenvalue weighted by atomic mass is 9.72. The van der Waals surface area contributed by atoms with Gasteiger partial charge in [0.25, 0.3) is 0 Å². The first-order chi connectivity index (χ1) is 10.5. The van der Waals surface area contributed by atoms with E-state index in [2.05, 4.69) is 0 Å². The Morgan fingerprint density at radius 3 is 2.36 bits per heavy atom. The molecule has 0 amide bonds. The second kappa shape index (κ2) is 6.30. The first-order valence-corrected chi connectivity index (χ1v) is 7.31. The first kappa shape index (κ1) is 16.2. The van der Waals surface area contributed by atoms with Gasteiger partial charge in [0, 0.05) is 6.42 Å². The van der Waals surface area contributed by atoms with Gasteiger partial charge in [0.1, 0.15) is 12.0 Å². The highest BCUT2D eigenvalue weighted by molar-refractivity contribution is 6.16. The van der Waals surface area contributed by atoms with Gasteiger partial charge >= 0.3 is 5.97 Å². The zero-order chi connectivity index (χ0) is 16.3. The molecule has 0 saturated carbocycles. The molecule has 1 heterocycles. The number of ether oxygens (including phenoxy) is 2.